The van der Waals surface area contributed by atoms with Crippen molar-refractivity contribution in [2.24, 2.45) is 4.99 Å². The highest BCUT2D eigenvalue weighted by Crippen LogP contribution is 2.48. The number of aryl methyl sites for hydroxylation is 1. The number of amidine groups is 1. The molecular weight excluding hydrogens is 352 g/mol. The standard InChI is InChI=1S/C22H28N4S/c1-5-25(6-2)17-10-11-18(15(3)13-17)21-20(19-9-7-8-12-23-19)24-22-26(21)14-16(4)27-22/h7-13,16,20-21H,5-6,14H2,1-4H3/t16-,20+,21+/m0/s1. The van der Waals surface area contributed by atoms with Crippen LogP contribution in [0.15, 0.2) is 47.6 Å². The summed E-state index contributed by atoms with van der Waals surface area (Å²) < 4.78 is 0. The Labute approximate surface area is 166 Å². The average molecular weight is 381 g/mol. The summed E-state index contributed by atoms with van der Waals surface area (Å²) in [4.78, 5) is 14.6. The Morgan fingerprint density at radius 2 is 2.00 bits per heavy atom. The van der Waals surface area contributed by atoms with Crippen molar-refractivity contribution in [2.45, 2.75) is 45.0 Å². The number of nitrogens with zero attached hydrogens (tertiary/aromatic N) is 4. The van der Waals surface area contributed by atoms with Crippen LogP contribution < -0.4 is 4.90 Å². The lowest BCUT2D eigenvalue weighted by Crippen LogP contribution is -2.29. The number of fused-ring (bicyclic) bond motifs is 1. The molecule has 2 aliphatic heterocycles. The van der Waals surface area contributed by atoms with Gasteiger partial charge in [-0.05, 0) is 56.2 Å². The van der Waals surface area contributed by atoms with E-state index in [2.05, 4.69) is 72.8 Å². The maximum absolute atomic E-state index is 5.09. The van der Waals surface area contributed by atoms with E-state index in [1.165, 1.54) is 22.0 Å². The SMILES string of the molecule is CCN(CC)c1ccc([C@@H]2[C@@H](c3ccccn3)N=C3S[C@@H](C)CN32)c(C)c1. The molecule has 3 atom stereocenters. The topological polar surface area (TPSA) is 31.7 Å². The van der Waals surface area contributed by atoms with Crippen LogP contribution in [0.3, 0.4) is 0 Å². The summed E-state index contributed by atoms with van der Waals surface area (Å²) in [6.45, 7) is 12.1. The lowest BCUT2D eigenvalue weighted by molar-refractivity contribution is 0.320. The van der Waals surface area contributed by atoms with Crippen molar-refractivity contribution >= 4 is 22.6 Å². The van der Waals surface area contributed by atoms with E-state index in [1.807, 2.05) is 24.0 Å². The van der Waals surface area contributed by atoms with Gasteiger partial charge in [0.2, 0.25) is 0 Å². The predicted octanol–water partition coefficient (Wildman–Crippen LogP) is 4.83. The second kappa shape index (κ2) is 7.55. The van der Waals surface area contributed by atoms with Crippen LogP contribution in [-0.2, 0) is 0 Å². The van der Waals surface area contributed by atoms with Gasteiger partial charge in [0.25, 0.3) is 0 Å². The van der Waals surface area contributed by atoms with Gasteiger partial charge in [0, 0.05) is 36.8 Å². The van der Waals surface area contributed by atoms with Gasteiger partial charge in [-0.15, -0.1) is 0 Å². The largest absolute Gasteiger partial charge is 0.372 e. The van der Waals surface area contributed by atoms with Gasteiger partial charge in [0.15, 0.2) is 5.17 Å². The van der Waals surface area contributed by atoms with Crippen LogP contribution in [-0.4, -0.2) is 39.9 Å². The number of benzene rings is 1. The Bertz CT molecular complexity index is 831. The van der Waals surface area contributed by atoms with Gasteiger partial charge >= 0.3 is 0 Å². The van der Waals surface area contributed by atoms with Gasteiger partial charge in [-0.3, -0.25) is 9.98 Å². The smallest absolute Gasteiger partial charge is 0.160 e. The first-order valence-electron chi connectivity index (χ1n) is 9.89. The second-order valence-electron chi connectivity index (χ2n) is 7.35. The number of aromatic nitrogens is 1. The van der Waals surface area contributed by atoms with E-state index in [4.69, 9.17) is 4.99 Å². The molecule has 3 heterocycles. The summed E-state index contributed by atoms with van der Waals surface area (Å²) in [6, 6.07) is 13.4. The number of aliphatic imine (C=N–C) groups is 1. The van der Waals surface area contributed by atoms with Crippen LogP contribution in [0.5, 0.6) is 0 Å². The van der Waals surface area contributed by atoms with E-state index in [-0.39, 0.29) is 12.1 Å². The third-order valence-electron chi connectivity index (χ3n) is 5.58. The zero-order chi connectivity index (χ0) is 19.0. The summed E-state index contributed by atoms with van der Waals surface area (Å²) in [6.07, 6.45) is 1.88. The summed E-state index contributed by atoms with van der Waals surface area (Å²) in [5, 5.41) is 1.77. The van der Waals surface area contributed by atoms with E-state index in [1.54, 1.807) is 0 Å². The molecule has 0 saturated carbocycles. The monoisotopic (exact) mass is 380 g/mol. The van der Waals surface area contributed by atoms with E-state index in [9.17, 15) is 0 Å². The third kappa shape index (κ3) is 3.33. The van der Waals surface area contributed by atoms with Gasteiger partial charge in [0.05, 0.1) is 11.7 Å². The number of anilines is 1. The molecule has 1 fully saturated rings. The van der Waals surface area contributed by atoms with Gasteiger partial charge in [-0.1, -0.05) is 30.8 Å². The minimum absolute atomic E-state index is 0.0687. The Kier molecular flexibility index (Phi) is 5.13. The molecule has 0 radical (unpaired) electrons. The molecule has 4 nitrogen and oxygen atoms in total. The van der Waals surface area contributed by atoms with Gasteiger partial charge in [-0.2, -0.15) is 0 Å². The molecule has 2 aliphatic rings. The lowest BCUT2D eigenvalue weighted by atomic mass is 9.92. The summed E-state index contributed by atoms with van der Waals surface area (Å²) in [5.74, 6) is 0. The molecule has 0 N–H and O–H groups in total. The summed E-state index contributed by atoms with van der Waals surface area (Å²) >= 11 is 1.89. The van der Waals surface area contributed by atoms with E-state index >= 15 is 0 Å². The Hall–Kier alpha value is -2.01. The molecule has 1 saturated heterocycles. The highest BCUT2D eigenvalue weighted by molar-refractivity contribution is 8.14. The highest BCUT2D eigenvalue weighted by Gasteiger charge is 2.43. The fourth-order valence-electron chi connectivity index (χ4n) is 4.23. The van der Waals surface area contributed by atoms with Crippen LogP contribution >= 0.6 is 11.8 Å². The maximum Gasteiger partial charge on any atom is 0.160 e. The van der Waals surface area contributed by atoms with Crippen LogP contribution in [0.25, 0.3) is 0 Å². The molecular formula is C22H28N4S. The fourth-order valence-corrected chi connectivity index (χ4v) is 5.32. The molecule has 0 bridgehead atoms. The quantitative estimate of drug-likeness (QED) is 0.744. The molecule has 0 aliphatic carbocycles. The van der Waals surface area contributed by atoms with Crippen LogP contribution in [0.1, 0.15) is 49.7 Å². The first kappa shape index (κ1) is 18.4. The van der Waals surface area contributed by atoms with E-state index in [0.717, 1.165) is 25.3 Å². The number of hydrogen-bond donors (Lipinski definition) is 0. The lowest BCUT2D eigenvalue weighted by Gasteiger charge is -2.30. The first-order chi connectivity index (χ1) is 13.1. The normalized spacial score (nSPS) is 24.1. The van der Waals surface area contributed by atoms with Crippen molar-refractivity contribution in [1.82, 2.24) is 9.88 Å². The zero-order valence-corrected chi connectivity index (χ0v) is 17.4. The summed E-state index contributed by atoms with van der Waals surface area (Å²) in [5.41, 5.74) is 5.07. The predicted molar refractivity (Wildman–Crippen MR) is 116 cm³/mol. The summed E-state index contributed by atoms with van der Waals surface area (Å²) in [7, 11) is 0. The molecule has 1 aromatic carbocycles. The Morgan fingerprint density at radius 3 is 2.67 bits per heavy atom. The van der Waals surface area contributed by atoms with E-state index in [0.29, 0.717) is 5.25 Å². The number of pyridine rings is 1. The Morgan fingerprint density at radius 1 is 1.19 bits per heavy atom. The van der Waals surface area contributed by atoms with Crippen molar-refractivity contribution in [3.8, 4) is 0 Å². The number of hydrogen-bond acceptors (Lipinski definition) is 5. The fraction of sp³-hybridized carbons (Fsp3) is 0.455. The molecule has 0 unspecified atom stereocenters. The van der Waals surface area contributed by atoms with Gasteiger partial charge in [-0.25, -0.2) is 0 Å². The van der Waals surface area contributed by atoms with Gasteiger partial charge < -0.3 is 9.80 Å². The molecule has 1 aromatic heterocycles. The minimum atomic E-state index is 0.0687. The van der Waals surface area contributed by atoms with Crippen molar-refractivity contribution in [3.63, 3.8) is 0 Å². The molecule has 142 valence electrons. The molecule has 27 heavy (non-hydrogen) atoms. The minimum Gasteiger partial charge on any atom is -0.372 e. The maximum atomic E-state index is 5.09. The van der Waals surface area contributed by atoms with E-state index < -0.39 is 0 Å². The zero-order valence-electron chi connectivity index (χ0n) is 16.6. The molecule has 0 amide bonds. The van der Waals surface area contributed by atoms with Crippen molar-refractivity contribution in [3.05, 3.63) is 59.4 Å². The number of rotatable bonds is 5. The van der Waals surface area contributed by atoms with Crippen molar-refractivity contribution < 1.29 is 0 Å². The van der Waals surface area contributed by atoms with Gasteiger partial charge in [0.1, 0.15) is 6.04 Å². The molecule has 0 spiro atoms. The van der Waals surface area contributed by atoms with Crippen LogP contribution in [0, 0.1) is 6.92 Å². The molecule has 2 aromatic rings. The molecule has 5 heteroatoms. The first-order valence-corrected chi connectivity index (χ1v) is 10.8. The van der Waals surface area contributed by atoms with Crippen LogP contribution in [0.2, 0.25) is 0 Å². The second-order valence-corrected chi connectivity index (χ2v) is 8.76. The van der Waals surface area contributed by atoms with Crippen molar-refractivity contribution in [1.29, 1.82) is 0 Å². The van der Waals surface area contributed by atoms with Crippen molar-refractivity contribution in [2.75, 3.05) is 24.5 Å². The van der Waals surface area contributed by atoms with Crippen LogP contribution in [0.4, 0.5) is 5.69 Å². The number of thioether (sulfide) groups is 1. The highest BCUT2D eigenvalue weighted by atomic mass is 32.2. The average Bonchev–Trinajstić information content (AvgIpc) is 3.20. The Balaban J connectivity index is 1.74. The third-order valence-corrected chi connectivity index (χ3v) is 6.68. The molecule has 4 rings (SSSR count).